The lowest BCUT2D eigenvalue weighted by atomic mass is 9.99. The molecule has 2 aromatic carbocycles. The Morgan fingerprint density at radius 2 is 1.79 bits per heavy atom. The summed E-state index contributed by atoms with van der Waals surface area (Å²) in [6, 6.07) is 15.0. The van der Waals surface area contributed by atoms with Gasteiger partial charge in [0.05, 0.1) is 31.9 Å². The van der Waals surface area contributed by atoms with Crippen LogP contribution in [-0.4, -0.2) is 39.2 Å². The molecule has 33 heavy (non-hydrogen) atoms. The zero-order chi connectivity index (χ0) is 23.2. The summed E-state index contributed by atoms with van der Waals surface area (Å²) in [6.07, 6.45) is 0. The fourth-order valence-electron chi connectivity index (χ4n) is 3.46. The van der Waals surface area contributed by atoms with Gasteiger partial charge in [0.2, 0.25) is 5.76 Å². The molecule has 0 saturated heterocycles. The van der Waals surface area contributed by atoms with Crippen LogP contribution in [0, 0.1) is 0 Å². The molecule has 0 fully saturated rings. The molecule has 5 rings (SSSR count). The number of aliphatic hydroxyl groups is 1. The molecule has 0 aliphatic carbocycles. The standard InChI is InChI=1S/C22H16N2O5S4/c1-2-28-20(27)22(16(30)18-23-11-7-3-5-9-13(11)31-18)17(15(25)19(26)29-22)33-21-24-12-8-4-6-10-14(12)32-21/h3-10,16,25,30H,2H2,1H3. The Hall–Kier alpha value is -2.60. The zero-order valence-electron chi connectivity index (χ0n) is 17.0. The van der Waals surface area contributed by atoms with Crippen LogP contribution in [0.2, 0.25) is 0 Å². The molecule has 3 heterocycles. The van der Waals surface area contributed by atoms with Gasteiger partial charge < -0.3 is 14.6 Å². The monoisotopic (exact) mass is 516 g/mol. The van der Waals surface area contributed by atoms with Gasteiger partial charge in [-0.3, -0.25) is 0 Å². The van der Waals surface area contributed by atoms with E-state index in [4.69, 9.17) is 22.1 Å². The summed E-state index contributed by atoms with van der Waals surface area (Å²) in [4.78, 5) is 35.0. The number of benzene rings is 2. The first kappa shape index (κ1) is 22.2. The topological polar surface area (TPSA) is 98.6 Å². The highest BCUT2D eigenvalue weighted by atomic mass is 32.2. The number of ether oxygens (including phenoxy) is 2. The molecular formula is C22H16N2O5S4. The lowest BCUT2D eigenvalue weighted by Crippen LogP contribution is -2.46. The fraction of sp³-hybridized carbons (Fsp3) is 0.182. The molecule has 168 valence electrons. The van der Waals surface area contributed by atoms with Gasteiger partial charge in [-0.15, -0.1) is 22.7 Å². The van der Waals surface area contributed by atoms with E-state index in [0.29, 0.717) is 9.35 Å². The molecule has 2 atom stereocenters. The largest absolute Gasteiger partial charge is 0.501 e. The maximum Gasteiger partial charge on any atom is 0.375 e. The van der Waals surface area contributed by atoms with E-state index < -0.39 is 28.5 Å². The van der Waals surface area contributed by atoms with Crippen molar-refractivity contribution in [3.63, 3.8) is 0 Å². The van der Waals surface area contributed by atoms with Crippen molar-refractivity contribution >= 4 is 79.4 Å². The summed E-state index contributed by atoms with van der Waals surface area (Å²) in [5, 5.41) is 10.1. The Balaban J connectivity index is 1.63. The molecule has 1 aliphatic rings. The molecule has 1 aliphatic heterocycles. The minimum atomic E-state index is -2.00. The Bertz CT molecular complexity index is 1360. The van der Waals surface area contributed by atoms with Crippen molar-refractivity contribution in [2.45, 2.75) is 22.1 Å². The molecule has 0 bridgehead atoms. The number of thiazole rings is 2. The highest BCUT2D eigenvalue weighted by Crippen LogP contribution is 2.53. The first-order chi connectivity index (χ1) is 15.9. The minimum Gasteiger partial charge on any atom is -0.501 e. The van der Waals surface area contributed by atoms with Gasteiger partial charge >= 0.3 is 11.9 Å². The first-order valence-corrected chi connectivity index (χ1v) is 12.8. The predicted molar refractivity (Wildman–Crippen MR) is 132 cm³/mol. The molecule has 1 N–H and O–H groups in total. The first-order valence-electron chi connectivity index (χ1n) is 9.85. The summed E-state index contributed by atoms with van der Waals surface area (Å²) in [6.45, 7) is 1.70. The molecule has 0 amide bonds. The summed E-state index contributed by atoms with van der Waals surface area (Å²) in [5.74, 6) is -2.51. The number of hydrogen-bond donors (Lipinski definition) is 2. The number of nitrogens with zero attached hydrogens (tertiary/aromatic N) is 2. The van der Waals surface area contributed by atoms with Gasteiger partial charge in [-0.25, -0.2) is 19.6 Å². The van der Waals surface area contributed by atoms with Gasteiger partial charge in [-0.1, -0.05) is 36.0 Å². The van der Waals surface area contributed by atoms with Crippen molar-refractivity contribution < 1.29 is 24.2 Å². The Kier molecular flexibility index (Phi) is 5.81. The van der Waals surface area contributed by atoms with Gasteiger partial charge in [-0.05, 0) is 31.2 Å². The lowest BCUT2D eigenvalue weighted by Gasteiger charge is -2.31. The molecule has 2 unspecified atom stereocenters. The number of thiol groups is 1. The Morgan fingerprint density at radius 3 is 2.42 bits per heavy atom. The summed E-state index contributed by atoms with van der Waals surface area (Å²) in [7, 11) is 0. The number of thioether (sulfide) groups is 1. The number of hydrogen-bond acceptors (Lipinski definition) is 11. The molecule has 0 spiro atoms. The number of carbonyl (C=O) groups excluding carboxylic acids is 2. The van der Waals surface area contributed by atoms with E-state index in [-0.39, 0.29) is 11.5 Å². The average molecular weight is 517 g/mol. The number of esters is 2. The van der Waals surface area contributed by atoms with Crippen LogP contribution >= 0.6 is 47.1 Å². The molecule has 4 aromatic rings. The molecule has 0 saturated carbocycles. The van der Waals surface area contributed by atoms with Gasteiger partial charge in [0.1, 0.15) is 10.3 Å². The van der Waals surface area contributed by atoms with Crippen molar-refractivity contribution in [3.8, 4) is 0 Å². The van der Waals surface area contributed by atoms with E-state index >= 15 is 0 Å². The van der Waals surface area contributed by atoms with Crippen LogP contribution in [0.4, 0.5) is 0 Å². The van der Waals surface area contributed by atoms with E-state index in [1.54, 1.807) is 6.92 Å². The third kappa shape index (κ3) is 3.68. The molecule has 7 nitrogen and oxygen atoms in total. The molecule has 0 radical (unpaired) electrons. The van der Waals surface area contributed by atoms with Gasteiger partial charge in [0.25, 0.3) is 5.60 Å². The van der Waals surface area contributed by atoms with E-state index in [0.717, 1.165) is 32.2 Å². The van der Waals surface area contributed by atoms with Gasteiger partial charge in [0.15, 0.2) is 4.34 Å². The average Bonchev–Trinajstić information content (AvgIpc) is 3.49. The van der Waals surface area contributed by atoms with Crippen molar-refractivity contribution in [2.75, 3.05) is 6.61 Å². The smallest absolute Gasteiger partial charge is 0.375 e. The van der Waals surface area contributed by atoms with E-state index in [1.807, 2.05) is 48.5 Å². The van der Waals surface area contributed by atoms with Crippen LogP contribution in [0.25, 0.3) is 20.4 Å². The third-order valence-corrected chi connectivity index (χ3v) is 9.15. The molecule has 2 aromatic heterocycles. The minimum absolute atomic E-state index is 0.00994. The summed E-state index contributed by atoms with van der Waals surface area (Å²) < 4.78 is 13.2. The molecular weight excluding hydrogens is 501 g/mol. The van der Waals surface area contributed by atoms with E-state index in [2.05, 4.69) is 9.97 Å². The normalized spacial score (nSPS) is 19.3. The van der Waals surface area contributed by atoms with Crippen molar-refractivity contribution in [1.82, 2.24) is 9.97 Å². The zero-order valence-corrected chi connectivity index (χ0v) is 20.4. The van der Waals surface area contributed by atoms with Gasteiger partial charge in [-0.2, -0.15) is 12.6 Å². The van der Waals surface area contributed by atoms with Crippen molar-refractivity contribution in [2.24, 2.45) is 0 Å². The lowest BCUT2D eigenvalue weighted by molar-refractivity contribution is -0.172. The van der Waals surface area contributed by atoms with Crippen LogP contribution < -0.4 is 0 Å². The number of rotatable bonds is 6. The second-order valence-electron chi connectivity index (χ2n) is 7.00. The maximum absolute atomic E-state index is 13.3. The third-order valence-electron chi connectivity index (χ3n) is 4.97. The van der Waals surface area contributed by atoms with Crippen LogP contribution in [-0.2, 0) is 19.1 Å². The number of cyclic esters (lactones) is 1. The SMILES string of the molecule is CCOC(=O)C1(C(S)c2nc3ccccc3s2)OC(=O)C(O)=C1Sc1nc2ccccc2s1. The van der Waals surface area contributed by atoms with Crippen molar-refractivity contribution in [1.29, 1.82) is 0 Å². The second-order valence-corrected chi connectivity index (χ2v) is 10.9. The Morgan fingerprint density at radius 1 is 1.15 bits per heavy atom. The van der Waals surface area contributed by atoms with E-state index in [9.17, 15) is 14.7 Å². The quantitative estimate of drug-likeness (QED) is 0.263. The number of para-hydroxylation sites is 2. The number of aromatic nitrogens is 2. The van der Waals surface area contributed by atoms with Crippen LogP contribution in [0.1, 0.15) is 17.2 Å². The van der Waals surface area contributed by atoms with E-state index in [1.165, 1.54) is 22.7 Å². The van der Waals surface area contributed by atoms with Crippen LogP contribution in [0.5, 0.6) is 0 Å². The number of fused-ring (bicyclic) bond motifs is 2. The van der Waals surface area contributed by atoms with Crippen molar-refractivity contribution in [3.05, 3.63) is 64.2 Å². The number of aliphatic hydroxyl groups excluding tert-OH is 1. The highest BCUT2D eigenvalue weighted by Gasteiger charge is 2.61. The summed E-state index contributed by atoms with van der Waals surface area (Å²) in [5.41, 5.74) is -0.504. The van der Waals surface area contributed by atoms with Crippen LogP contribution in [0.15, 0.2) is 63.5 Å². The number of carbonyl (C=O) groups is 2. The maximum atomic E-state index is 13.3. The van der Waals surface area contributed by atoms with Gasteiger partial charge in [0, 0.05) is 0 Å². The Labute approximate surface area is 205 Å². The fourth-order valence-corrected chi connectivity index (χ4v) is 7.34. The molecule has 11 heteroatoms. The second kappa shape index (κ2) is 8.64. The summed E-state index contributed by atoms with van der Waals surface area (Å²) >= 11 is 8.39. The predicted octanol–water partition coefficient (Wildman–Crippen LogP) is 5.30. The van der Waals surface area contributed by atoms with Crippen LogP contribution in [0.3, 0.4) is 0 Å². The highest BCUT2D eigenvalue weighted by molar-refractivity contribution is 8.05.